The molecule has 5 heteroatoms. The van der Waals surface area contributed by atoms with Gasteiger partial charge in [0.1, 0.15) is 0 Å². The summed E-state index contributed by atoms with van der Waals surface area (Å²) in [7, 11) is 0. The van der Waals surface area contributed by atoms with Gasteiger partial charge in [-0.2, -0.15) is 4.73 Å². The Kier molecular flexibility index (Phi) is 6.45. The molecule has 144 valence electrons. The van der Waals surface area contributed by atoms with Gasteiger partial charge in [-0.25, -0.2) is 0 Å². The minimum Gasteiger partial charge on any atom is -0.619 e. The van der Waals surface area contributed by atoms with Crippen LogP contribution in [0.1, 0.15) is 48.2 Å². The SMILES string of the molecule is CC(C)Cc1ccc(CN2CCC[C@H](NC(=O)c3cc[n+]([O-])cc3)C2)cc1. The zero-order valence-corrected chi connectivity index (χ0v) is 16.2. The molecule has 1 aromatic carbocycles. The van der Waals surface area contributed by atoms with Crippen LogP contribution >= 0.6 is 0 Å². The Morgan fingerprint density at radius 2 is 1.85 bits per heavy atom. The van der Waals surface area contributed by atoms with E-state index >= 15 is 0 Å². The maximum atomic E-state index is 12.4. The molecule has 0 unspecified atom stereocenters. The van der Waals surface area contributed by atoms with Crippen LogP contribution in [0, 0.1) is 11.1 Å². The maximum Gasteiger partial charge on any atom is 0.251 e. The molecule has 0 aliphatic carbocycles. The first-order valence-electron chi connectivity index (χ1n) is 9.79. The van der Waals surface area contributed by atoms with Crippen molar-refractivity contribution in [3.8, 4) is 0 Å². The van der Waals surface area contributed by atoms with Gasteiger partial charge in [0.25, 0.3) is 5.91 Å². The van der Waals surface area contributed by atoms with Gasteiger partial charge >= 0.3 is 0 Å². The lowest BCUT2D eigenvalue weighted by Gasteiger charge is -2.33. The van der Waals surface area contributed by atoms with E-state index in [9.17, 15) is 10.0 Å². The van der Waals surface area contributed by atoms with E-state index in [2.05, 4.69) is 48.3 Å². The van der Waals surface area contributed by atoms with Crippen LogP contribution in [-0.2, 0) is 13.0 Å². The molecule has 5 nitrogen and oxygen atoms in total. The quantitative estimate of drug-likeness (QED) is 0.631. The number of nitrogens with one attached hydrogen (secondary N) is 1. The lowest BCUT2D eigenvalue weighted by Crippen LogP contribution is -2.47. The second kappa shape index (κ2) is 9.00. The van der Waals surface area contributed by atoms with E-state index in [-0.39, 0.29) is 11.9 Å². The minimum absolute atomic E-state index is 0.111. The molecule has 1 aromatic heterocycles. The molecule has 0 radical (unpaired) electrons. The molecule has 2 aromatic rings. The number of carbonyl (C=O) groups is 1. The first-order valence-corrected chi connectivity index (χ1v) is 9.79. The summed E-state index contributed by atoms with van der Waals surface area (Å²) in [6, 6.07) is 12.2. The number of benzene rings is 1. The third kappa shape index (κ3) is 5.79. The zero-order valence-electron chi connectivity index (χ0n) is 16.2. The molecule has 0 spiro atoms. The molecular weight excluding hydrogens is 338 g/mol. The number of hydrogen-bond acceptors (Lipinski definition) is 3. The first-order chi connectivity index (χ1) is 13.0. The summed E-state index contributed by atoms with van der Waals surface area (Å²) >= 11 is 0. The average Bonchev–Trinajstić information content (AvgIpc) is 2.64. The number of amides is 1. The van der Waals surface area contributed by atoms with E-state index < -0.39 is 0 Å². The largest absolute Gasteiger partial charge is 0.619 e. The van der Waals surface area contributed by atoms with Gasteiger partial charge in [0.2, 0.25) is 0 Å². The molecule has 1 atom stereocenters. The Morgan fingerprint density at radius 3 is 2.52 bits per heavy atom. The van der Waals surface area contributed by atoms with E-state index in [0.29, 0.717) is 16.2 Å². The minimum atomic E-state index is -0.111. The maximum absolute atomic E-state index is 12.4. The summed E-state index contributed by atoms with van der Waals surface area (Å²) in [4.78, 5) is 14.8. The lowest BCUT2D eigenvalue weighted by molar-refractivity contribution is -0.605. The van der Waals surface area contributed by atoms with Gasteiger partial charge in [-0.15, -0.1) is 0 Å². The Morgan fingerprint density at radius 1 is 1.19 bits per heavy atom. The fourth-order valence-corrected chi connectivity index (χ4v) is 3.66. The molecule has 1 fully saturated rings. The summed E-state index contributed by atoms with van der Waals surface area (Å²) < 4.78 is 0.686. The van der Waals surface area contributed by atoms with Gasteiger partial charge in [-0.3, -0.25) is 9.69 Å². The van der Waals surface area contributed by atoms with E-state index in [1.54, 1.807) is 12.1 Å². The second-order valence-electron chi connectivity index (χ2n) is 7.91. The summed E-state index contributed by atoms with van der Waals surface area (Å²) in [6.07, 6.45) is 5.88. The van der Waals surface area contributed by atoms with Crippen LogP contribution in [-0.4, -0.2) is 29.9 Å². The summed E-state index contributed by atoms with van der Waals surface area (Å²) in [6.45, 7) is 7.30. The monoisotopic (exact) mass is 367 g/mol. The Labute approximate surface area is 161 Å². The fraction of sp³-hybridized carbons (Fsp3) is 0.455. The average molecular weight is 367 g/mol. The van der Waals surface area contributed by atoms with Crippen molar-refractivity contribution < 1.29 is 9.52 Å². The Bertz CT molecular complexity index is 741. The van der Waals surface area contributed by atoms with E-state index in [1.807, 2.05) is 0 Å². The highest BCUT2D eigenvalue weighted by atomic mass is 16.5. The molecule has 1 saturated heterocycles. The van der Waals surface area contributed by atoms with Crippen LogP contribution in [0.5, 0.6) is 0 Å². The highest BCUT2D eigenvalue weighted by molar-refractivity contribution is 5.94. The van der Waals surface area contributed by atoms with Crippen molar-refractivity contribution >= 4 is 5.91 Å². The van der Waals surface area contributed by atoms with Crippen molar-refractivity contribution in [2.75, 3.05) is 13.1 Å². The molecule has 0 saturated carbocycles. The number of likely N-dealkylation sites (tertiary alicyclic amines) is 1. The molecule has 1 aliphatic heterocycles. The fourth-order valence-electron chi connectivity index (χ4n) is 3.66. The predicted molar refractivity (Wildman–Crippen MR) is 106 cm³/mol. The number of carbonyl (C=O) groups excluding carboxylic acids is 1. The number of pyridine rings is 1. The molecule has 1 amide bonds. The molecule has 27 heavy (non-hydrogen) atoms. The molecule has 2 heterocycles. The molecule has 3 rings (SSSR count). The van der Waals surface area contributed by atoms with Gasteiger partial charge in [0.05, 0.1) is 5.56 Å². The van der Waals surface area contributed by atoms with Crippen molar-refractivity contribution in [3.05, 3.63) is 70.7 Å². The molecule has 0 bridgehead atoms. The van der Waals surface area contributed by atoms with Crippen molar-refractivity contribution in [1.82, 2.24) is 10.2 Å². The summed E-state index contributed by atoms with van der Waals surface area (Å²) in [5.74, 6) is 0.561. The predicted octanol–water partition coefficient (Wildman–Crippen LogP) is 2.91. The Balaban J connectivity index is 1.53. The van der Waals surface area contributed by atoms with Gasteiger partial charge < -0.3 is 10.5 Å². The van der Waals surface area contributed by atoms with Gasteiger partial charge in [0, 0.05) is 31.3 Å². The number of nitrogens with zero attached hydrogens (tertiary/aromatic N) is 2. The standard InChI is InChI=1S/C22H29N3O2/c1-17(2)14-18-5-7-19(8-6-18)15-24-11-3-4-21(16-24)23-22(26)20-9-12-25(27)13-10-20/h5-10,12-13,17,21H,3-4,11,14-16H2,1-2H3,(H,23,26)/t21-/m0/s1. The Hall–Kier alpha value is -2.40. The smallest absolute Gasteiger partial charge is 0.251 e. The van der Waals surface area contributed by atoms with Crippen molar-refractivity contribution in [3.63, 3.8) is 0 Å². The first kappa shape index (κ1) is 19.4. The number of hydrogen-bond donors (Lipinski definition) is 1. The van der Waals surface area contributed by atoms with Gasteiger partial charge in [-0.05, 0) is 42.9 Å². The number of piperidine rings is 1. The third-order valence-electron chi connectivity index (χ3n) is 4.98. The number of aromatic nitrogens is 1. The van der Waals surface area contributed by atoms with Gasteiger partial charge in [-0.1, -0.05) is 38.1 Å². The number of rotatable bonds is 6. The van der Waals surface area contributed by atoms with E-state index in [1.165, 1.54) is 23.5 Å². The van der Waals surface area contributed by atoms with Crippen molar-refractivity contribution in [2.45, 2.75) is 45.7 Å². The third-order valence-corrected chi connectivity index (χ3v) is 4.98. The topological polar surface area (TPSA) is 59.3 Å². The highest BCUT2D eigenvalue weighted by Gasteiger charge is 2.22. The van der Waals surface area contributed by atoms with Crippen molar-refractivity contribution in [2.24, 2.45) is 5.92 Å². The second-order valence-corrected chi connectivity index (χ2v) is 7.91. The summed E-state index contributed by atoms with van der Waals surface area (Å²) in [5.41, 5.74) is 3.23. The lowest BCUT2D eigenvalue weighted by atomic mass is 10.0. The molecule has 1 aliphatic rings. The van der Waals surface area contributed by atoms with Gasteiger partial charge in [0.15, 0.2) is 12.4 Å². The van der Waals surface area contributed by atoms with Crippen LogP contribution in [0.2, 0.25) is 0 Å². The van der Waals surface area contributed by atoms with Crippen LogP contribution in [0.3, 0.4) is 0 Å². The van der Waals surface area contributed by atoms with Crippen LogP contribution in [0.4, 0.5) is 0 Å². The van der Waals surface area contributed by atoms with Crippen LogP contribution in [0.25, 0.3) is 0 Å². The van der Waals surface area contributed by atoms with Crippen molar-refractivity contribution in [1.29, 1.82) is 0 Å². The summed E-state index contributed by atoms with van der Waals surface area (Å²) in [5, 5.41) is 14.2. The van der Waals surface area contributed by atoms with E-state index in [0.717, 1.165) is 38.9 Å². The van der Waals surface area contributed by atoms with Crippen LogP contribution in [0.15, 0.2) is 48.8 Å². The highest BCUT2D eigenvalue weighted by Crippen LogP contribution is 2.16. The van der Waals surface area contributed by atoms with Crippen LogP contribution < -0.4 is 10.0 Å². The zero-order chi connectivity index (χ0) is 19.2. The normalized spacial score (nSPS) is 17.8. The molecular formula is C22H29N3O2. The molecule has 1 N–H and O–H groups in total. The van der Waals surface area contributed by atoms with E-state index in [4.69, 9.17) is 0 Å².